The fourth-order valence-electron chi connectivity index (χ4n) is 3.39. The lowest BCUT2D eigenvalue weighted by atomic mass is 9.98. The number of nitrogens with zero attached hydrogens (tertiary/aromatic N) is 4. The maximum absolute atomic E-state index is 11.4. The second kappa shape index (κ2) is 8.04. The molecule has 0 amide bonds. The molecule has 0 aliphatic carbocycles. The van der Waals surface area contributed by atoms with E-state index in [1.165, 1.54) is 11.8 Å². The molecule has 0 radical (unpaired) electrons. The van der Waals surface area contributed by atoms with Gasteiger partial charge < -0.3 is 10.1 Å². The number of thioether (sulfide) groups is 1. The fraction of sp³-hybridized carbons (Fsp3) is 0.0455. The smallest absolute Gasteiger partial charge is 0.337 e. The minimum atomic E-state index is -0.981. The van der Waals surface area contributed by atoms with Crippen molar-refractivity contribution in [2.24, 2.45) is 0 Å². The van der Waals surface area contributed by atoms with E-state index in [0.717, 1.165) is 27.8 Å². The minimum Gasteiger partial charge on any atom is -0.478 e. The van der Waals surface area contributed by atoms with E-state index in [-0.39, 0.29) is 5.56 Å². The monoisotopic (exact) mass is 428 g/mol. The normalized spacial score (nSPS) is 11.1. The molecule has 0 bridgehead atoms. The van der Waals surface area contributed by atoms with Gasteiger partial charge in [-0.2, -0.15) is 5.21 Å². The van der Waals surface area contributed by atoms with E-state index in [1.807, 2.05) is 30.3 Å². The van der Waals surface area contributed by atoms with Crippen molar-refractivity contribution in [2.75, 3.05) is 0 Å². The van der Waals surface area contributed by atoms with Crippen LogP contribution in [0.25, 0.3) is 33.5 Å². The Kier molecular flexibility index (Phi) is 4.93. The number of imidazole rings is 1. The van der Waals surface area contributed by atoms with E-state index in [1.54, 1.807) is 12.1 Å². The molecule has 0 saturated heterocycles. The first-order chi connectivity index (χ1) is 15.2. The Morgan fingerprint density at radius 1 is 0.968 bits per heavy atom. The zero-order valence-electron chi connectivity index (χ0n) is 16.1. The summed E-state index contributed by atoms with van der Waals surface area (Å²) in [6, 6.07) is 21.3. The SMILES string of the molecule is O=C(O)c1cccc2[nH]c(SCc3ccc(-c4ccccc4-c4nn[nH]n4)cc3)nc12. The summed E-state index contributed by atoms with van der Waals surface area (Å²) in [4.78, 5) is 19.0. The van der Waals surface area contributed by atoms with Crippen LogP contribution in [0, 0.1) is 0 Å². The highest BCUT2D eigenvalue weighted by atomic mass is 32.2. The predicted molar refractivity (Wildman–Crippen MR) is 118 cm³/mol. The Labute approximate surface area is 180 Å². The number of nitrogens with one attached hydrogen (secondary N) is 2. The van der Waals surface area contributed by atoms with Gasteiger partial charge in [0, 0.05) is 11.3 Å². The molecule has 31 heavy (non-hydrogen) atoms. The van der Waals surface area contributed by atoms with Crippen LogP contribution in [-0.4, -0.2) is 41.7 Å². The Bertz CT molecular complexity index is 1360. The first-order valence-corrected chi connectivity index (χ1v) is 10.4. The molecule has 2 aromatic heterocycles. The van der Waals surface area contributed by atoms with Crippen LogP contribution in [0.4, 0.5) is 0 Å². The van der Waals surface area contributed by atoms with Crippen LogP contribution in [0.3, 0.4) is 0 Å². The Hall–Kier alpha value is -3.98. The summed E-state index contributed by atoms with van der Waals surface area (Å²) < 4.78 is 0. The highest BCUT2D eigenvalue weighted by Crippen LogP contribution is 2.31. The quantitative estimate of drug-likeness (QED) is 0.343. The van der Waals surface area contributed by atoms with E-state index in [2.05, 4.69) is 54.9 Å². The van der Waals surface area contributed by atoms with E-state index >= 15 is 0 Å². The largest absolute Gasteiger partial charge is 0.478 e. The number of hydrogen-bond acceptors (Lipinski definition) is 6. The lowest BCUT2D eigenvalue weighted by molar-refractivity contribution is 0.0699. The van der Waals surface area contributed by atoms with E-state index in [9.17, 15) is 9.90 Å². The van der Waals surface area contributed by atoms with Gasteiger partial charge in [-0.3, -0.25) is 0 Å². The number of carboxylic acids is 1. The van der Waals surface area contributed by atoms with Crippen molar-refractivity contribution >= 4 is 28.8 Å². The number of para-hydroxylation sites is 1. The van der Waals surface area contributed by atoms with Crippen LogP contribution < -0.4 is 0 Å². The van der Waals surface area contributed by atoms with Crippen molar-refractivity contribution < 1.29 is 9.90 Å². The lowest BCUT2D eigenvalue weighted by Crippen LogP contribution is -1.96. The molecule has 0 fully saturated rings. The van der Waals surface area contributed by atoms with Crippen LogP contribution in [0.15, 0.2) is 71.9 Å². The molecule has 5 aromatic rings. The molecule has 0 saturated carbocycles. The number of rotatable bonds is 6. The first kappa shape index (κ1) is 19.0. The number of H-pyrrole nitrogens is 2. The standard InChI is InChI=1S/C22H16N6O2S/c29-21(30)17-6-3-7-18-19(17)24-22(23-18)31-12-13-8-10-14(11-9-13)15-4-1-2-5-16(15)20-25-27-28-26-20/h1-11H,12H2,(H,23,24)(H,29,30)(H,25,26,27,28). The maximum atomic E-state index is 11.4. The van der Waals surface area contributed by atoms with Crippen LogP contribution in [0.5, 0.6) is 0 Å². The van der Waals surface area contributed by atoms with Crippen molar-refractivity contribution in [1.82, 2.24) is 30.6 Å². The number of hydrogen-bond donors (Lipinski definition) is 3. The molecule has 9 heteroatoms. The van der Waals surface area contributed by atoms with Gasteiger partial charge in [0.1, 0.15) is 5.52 Å². The Morgan fingerprint density at radius 3 is 2.52 bits per heavy atom. The van der Waals surface area contributed by atoms with Gasteiger partial charge in [-0.1, -0.05) is 66.4 Å². The predicted octanol–water partition coefficient (Wildman–Crippen LogP) is 4.40. The van der Waals surface area contributed by atoms with Crippen molar-refractivity contribution in [3.05, 3.63) is 77.9 Å². The van der Waals surface area contributed by atoms with E-state index < -0.39 is 5.97 Å². The lowest BCUT2D eigenvalue weighted by Gasteiger charge is -2.08. The summed E-state index contributed by atoms with van der Waals surface area (Å²) in [5.74, 6) is 0.279. The number of carbonyl (C=O) groups is 1. The fourth-order valence-corrected chi connectivity index (χ4v) is 4.22. The summed E-state index contributed by atoms with van der Waals surface area (Å²) in [5.41, 5.74) is 5.53. The number of tetrazole rings is 1. The Balaban J connectivity index is 1.35. The number of fused-ring (bicyclic) bond motifs is 1. The van der Waals surface area contributed by atoms with Gasteiger partial charge in [0.15, 0.2) is 5.16 Å². The topological polar surface area (TPSA) is 120 Å². The molecular weight excluding hydrogens is 412 g/mol. The second-order valence-corrected chi connectivity index (χ2v) is 7.78. The number of aromatic nitrogens is 6. The first-order valence-electron chi connectivity index (χ1n) is 9.46. The van der Waals surface area contributed by atoms with Crippen molar-refractivity contribution in [2.45, 2.75) is 10.9 Å². The summed E-state index contributed by atoms with van der Waals surface area (Å²) in [6.45, 7) is 0. The van der Waals surface area contributed by atoms with Gasteiger partial charge in [-0.25, -0.2) is 9.78 Å². The summed E-state index contributed by atoms with van der Waals surface area (Å²) >= 11 is 1.53. The van der Waals surface area contributed by atoms with Crippen molar-refractivity contribution in [3.63, 3.8) is 0 Å². The molecule has 0 unspecified atom stereocenters. The van der Waals surface area contributed by atoms with E-state index in [0.29, 0.717) is 22.3 Å². The minimum absolute atomic E-state index is 0.199. The highest BCUT2D eigenvalue weighted by molar-refractivity contribution is 7.98. The van der Waals surface area contributed by atoms with Crippen LogP contribution in [0.1, 0.15) is 15.9 Å². The third-order valence-electron chi connectivity index (χ3n) is 4.88. The molecule has 0 spiro atoms. The molecule has 2 heterocycles. The average Bonchev–Trinajstić information content (AvgIpc) is 3.47. The van der Waals surface area contributed by atoms with Crippen LogP contribution in [-0.2, 0) is 5.75 Å². The van der Waals surface area contributed by atoms with Crippen molar-refractivity contribution in [1.29, 1.82) is 0 Å². The molecule has 5 rings (SSSR count). The molecule has 3 N–H and O–H groups in total. The van der Waals surface area contributed by atoms with Gasteiger partial charge >= 0.3 is 5.97 Å². The number of benzene rings is 3. The van der Waals surface area contributed by atoms with Crippen molar-refractivity contribution in [3.8, 4) is 22.5 Å². The van der Waals surface area contributed by atoms with Crippen LogP contribution >= 0.6 is 11.8 Å². The Morgan fingerprint density at radius 2 is 1.77 bits per heavy atom. The molecular formula is C22H16N6O2S. The highest BCUT2D eigenvalue weighted by Gasteiger charge is 2.13. The third-order valence-corrected chi connectivity index (χ3v) is 5.82. The number of aromatic carboxylic acids is 1. The number of aromatic amines is 2. The van der Waals surface area contributed by atoms with Crippen LogP contribution in [0.2, 0.25) is 0 Å². The zero-order chi connectivity index (χ0) is 21.2. The van der Waals surface area contributed by atoms with E-state index in [4.69, 9.17) is 0 Å². The van der Waals surface area contributed by atoms with Gasteiger partial charge in [0.25, 0.3) is 0 Å². The molecule has 0 aliphatic rings. The molecule has 152 valence electrons. The molecule has 0 atom stereocenters. The molecule has 8 nitrogen and oxygen atoms in total. The maximum Gasteiger partial charge on any atom is 0.337 e. The summed E-state index contributed by atoms with van der Waals surface area (Å²) in [6.07, 6.45) is 0. The average molecular weight is 428 g/mol. The molecule has 0 aliphatic heterocycles. The molecule has 3 aromatic carbocycles. The number of carboxylic acid groups (broad SMARTS) is 1. The zero-order valence-corrected chi connectivity index (χ0v) is 16.9. The summed E-state index contributed by atoms with van der Waals surface area (Å²) in [5, 5.41) is 24.3. The second-order valence-electron chi connectivity index (χ2n) is 6.82. The summed E-state index contributed by atoms with van der Waals surface area (Å²) in [7, 11) is 0. The van der Waals surface area contributed by atoms with Gasteiger partial charge in [-0.15, -0.1) is 10.2 Å². The van der Waals surface area contributed by atoms with Gasteiger partial charge in [-0.05, 0) is 34.0 Å². The van der Waals surface area contributed by atoms with Gasteiger partial charge in [0.05, 0.1) is 11.1 Å². The van der Waals surface area contributed by atoms with Gasteiger partial charge in [0.2, 0.25) is 5.82 Å². The third kappa shape index (κ3) is 3.78.